The number of benzene rings is 1. The van der Waals surface area contributed by atoms with Gasteiger partial charge >= 0.3 is 0 Å². The molecule has 1 aromatic heterocycles. The van der Waals surface area contributed by atoms with Gasteiger partial charge in [-0.25, -0.2) is 4.98 Å². The Morgan fingerprint density at radius 1 is 1.41 bits per heavy atom. The number of amides is 1. The van der Waals surface area contributed by atoms with E-state index in [2.05, 4.69) is 10.3 Å². The molecule has 0 radical (unpaired) electrons. The summed E-state index contributed by atoms with van der Waals surface area (Å²) in [7, 11) is 0. The number of thiazole rings is 1. The first kappa shape index (κ1) is 12.4. The third-order valence-electron chi connectivity index (χ3n) is 1.99. The summed E-state index contributed by atoms with van der Waals surface area (Å²) in [4.78, 5) is 15.2. The number of nitrogens with one attached hydrogen (secondary N) is 1. The largest absolute Gasteiger partial charge is 0.302 e. The van der Waals surface area contributed by atoms with Crippen molar-refractivity contribution in [3.63, 3.8) is 0 Å². The van der Waals surface area contributed by atoms with E-state index in [1.807, 2.05) is 5.38 Å². The molecule has 0 aliphatic carbocycles. The van der Waals surface area contributed by atoms with Crippen LogP contribution < -0.4 is 5.32 Å². The fourth-order valence-electron chi connectivity index (χ4n) is 1.30. The lowest BCUT2D eigenvalue weighted by Crippen LogP contribution is -2.04. The average molecular weight is 287 g/mol. The third-order valence-corrected chi connectivity index (χ3v) is 3.31. The van der Waals surface area contributed by atoms with Crippen molar-refractivity contribution in [2.75, 3.05) is 5.32 Å². The molecule has 0 spiro atoms. The Kier molecular flexibility index (Phi) is 3.66. The maximum atomic E-state index is 10.9. The SMILES string of the molecule is CC(=O)Nc1nc(-c2cc(Cl)ccc2Cl)cs1. The number of rotatable bonds is 2. The van der Waals surface area contributed by atoms with E-state index in [1.165, 1.54) is 18.3 Å². The van der Waals surface area contributed by atoms with Crippen LogP contribution in [0.3, 0.4) is 0 Å². The lowest BCUT2D eigenvalue weighted by Gasteiger charge is -2.01. The molecule has 0 atom stereocenters. The Labute approximate surface area is 112 Å². The molecule has 0 saturated heterocycles. The molecule has 0 saturated carbocycles. The molecule has 2 rings (SSSR count). The Balaban J connectivity index is 2.36. The molecule has 3 nitrogen and oxygen atoms in total. The summed E-state index contributed by atoms with van der Waals surface area (Å²) in [5.41, 5.74) is 1.46. The molecule has 0 bridgehead atoms. The number of anilines is 1. The fourth-order valence-corrected chi connectivity index (χ4v) is 2.44. The molecule has 0 fully saturated rings. The van der Waals surface area contributed by atoms with E-state index in [-0.39, 0.29) is 5.91 Å². The van der Waals surface area contributed by atoms with Gasteiger partial charge in [0, 0.05) is 22.9 Å². The highest BCUT2D eigenvalue weighted by molar-refractivity contribution is 7.14. The summed E-state index contributed by atoms with van der Waals surface area (Å²) in [5, 5.41) is 6.16. The zero-order valence-corrected chi connectivity index (χ0v) is 11.2. The highest BCUT2D eigenvalue weighted by atomic mass is 35.5. The van der Waals surface area contributed by atoms with Gasteiger partial charge in [0.1, 0.15) is 0 Å². The zero-order chi connectivity index (χ0) is 12.4. The maximum absolute atomic E-state index is 10.9. The van der Waals surface area contributed by atoms with Crippen LogP contribution in [0, 0.1) is 0 Å². The Morgan fingerprint density at radius 2 is 2.18 bits per heavy atom. The van der Waals surface area contributed by atoms with Gasteiger partial charge in [0.05, 0.1) is 10.7 Å². The number of hydrogen-bond acceptors (Lipinski definition) is 3. The van der Waals surface area contributed by atoms with Crippen LogP contribution in [0.1, 0.15) is 6.92 Å². The lowest BCUT2D eigenvalue weighted by atomic mass is 10.2. The Morgan fingerprint density at radius 3 is 2.88 bits per heavy atom. The number of aromatic nitrogens is 1. The van der Waals surface area contributed by atoms with Gasteiger partial charge in [-0.1, -0.05) is 23.2 Å². The summed E-state index contributed by atoms with van der Waals surface area (Å²) in [5.74, 6) is -0.150. The topological polar surface area (TPSA) is 42.0 Å². The quantitative estimate of drug-likeness (QED) is 0.904. The van der Waals surface area contributed by atoms with Crippen LogP contribution in [0.15, 0.2) is 23.6 Å². The van der Waals surface area contributed by atoms with Gasteiger partial charge in [0.25, 0.3) is 0 Å². The van der Waals surface area contributed by atoms with Crippen molar-refractivity contribution in [1.82, 2.24) is 4.98 Å². The molecule has 2 aromatic rings. The number of hydrogen-bond donors (Lipinski definition) is 1. The van der Waals surface area contributed by atoms with E-state index >= 15 is 0 Å². The van der Waals surface area contributed by atoms with Crippen molar-refractivity contribution in [1.29, 1.82) is 0 Å². The molecule has 0 unspecified atom stereocenters. The van der Waals surface area contributed by atoms with Crippen LogP contribution in [0.4, 0.5) is 5.13 Å². The molecule has 6 heteroatoms. The Bertz CT molecular complexity index is 568. The molecule has 1 amide bonds. The summed E-state index contributed by atoms with van der Waals surface area (Å²) >= 11 is 13.3. The number of nitrogens with zero attached hydrogens (tertiary/aromatic N) is 1. The highest BCUT2D eigenvalue weighted by Gasteiger charge is 2.09. The molecular weight excluding hydrogens is 279 g/mol. The van der Waals surface area contributed by atoms with Crippen molar-refractivity contribution >= 4 is 45.6 Å². The van der Waals surface area contributed by atoms with Crippen molar-refractivity contribution < 1.29 is 4.79 Å². The summed E-state index contributed by atoms with van der Waals surface area (Å²) in [6.07, 6.45) is 0. The zero-order valence-electron chi connectivity index (χ0n) is 8.83. The first-order valence-electron chi connectivity index (χ1n) is 4.75. The first-order chi connectivity index (χ1) is 8.06. The van der Waals surface area contributed by atoms with Crippen LogP contribution in [-0.2, 0) is 4.79 Å². The van der Waals surface area contributed by atoms with Crippen molar-refractivity contribution in [2.24, 2.45) is 0 Å². The summed E-state index contributed by atoms with van der Waals surface area (Å²) in [6, 6.07) is 5.18. The number of carbonyl (C=O) groups is 1. The Hall–Kier alpha value is -1.10. The van der Waals surface area contributed by atoms with Crippen LogP contribution in [0.2, 0.25) is 10.0 Å². The predicted octanol–water partition coefficient (Wildman–Crippen LogP) is 4.08. The molecule has 17 heavy (non-hydrogen) atoms. The van der Waals surface area contributed by atoms with Gasteiger partial charge in [-0.2, -0.15) is 0 Å². The molecule has 0 aliphatic heterocycles. The van der Waals surface area contributed by atoms with E-state index in [0.29, 0.717) is 20.9 Å². The fraction of sp³-hybridized carbons (Fsp3) is 0.0909. The normalized spacial score (nSPS) is 10.3. The van der Waals surface area contributed by atoms with Gasteiger partial charge in [0.2, 0.25) is 5.91 Å². The van der Waals surface area contributed by atoms with Crippen molar-refractivity contribution in [2.45, 2.75) is 6.92 Å². The van der Waals surface area contributed by atoms with E-state index < -0.39 is 0 Å². The van der Waals surface area contributed by atoms with Crippen LogP contribution in [-0.4, -0.2) is 10.9 Å². The first-order valence-corrected chi connectivity index (χ1v) is 6.38. The monoisotopic (exact) mass is 286 g/mol. The van der Waals surface area contributed by atoms with E-state index in [9.17, 15) is 4.79 Å². The average Bonchev–Trinajstić information content (AvgIpc) is 2.69. The minimum atomic E-state index is -0.150. The van der Waals surface area contributed by atoms with Crippen LogP contribution in [0.25, 0.3) is 11.3 Å². The summed E-state index contributed by atoms with van der Waals surface area (Å²) in [6.45, 7) is 1.44. The summed E-state index contributed by atoms with van der Waals surface area (Å²) < 4.78 is 0. The molecule has 1 aromatic carbocycles. The molecular formula is C11H8Cl2N2OS. The highest BCUT2D eigenvalue weighted by Crippen LogP contribution is 2.32. The minimum absolute atomic E-state index is 0.150. The number of carbonyl (C=O) groups excluding carboxylic acids is 1. The predicted molar refractivity (Wildman–Crippen MR) is 71.9 cm³/mol. The number of halogens is 2. The van der Waals surface area contributed by atoms with Gasteiger partial charge in [-0.05, 0) is 18.2 Å². The molecule has 88 valence electrons. The molecule has 1 heterocycles. The smallest absolute Gasteiger partial charge is 0.223 e. The van der Waals surface area contributed by atoms with E-state index in [0.717, 1.165) is 5.56 Å². The molecule has 1 N–H and O–H groups in total. The maximum Gasteiger partial charge on any atom is 0.223 e. The van der Waals surface area contributed by atoms with Gasteiger partial charge in [-0.3, -0.25) is 4.79 Å². The second-order valence-corrected chi connectivity index (χ2v) is 5.04. The van der Waals surface area contributed by atoms with Gasteiger partial charge in [-0.15, -0.1) is 11.3 Å². The van der Waals surface area contributed by atoms with Crippen molar-refractivity contribution in [3.8, 4) is 11.3 Å². The second kappa shape index (κ2) is 5.04. The van der Waals surface area contributed by atoms with Crippen LogP contribution in [0.5, 0.6) is 0 Å². The standard InChI is InChI=1S/C11H8Cl2N2OS/c1-6(16)14-11-15-10(5-17-11)8-4-7(12)2-3-9(8)13/h2-5H,1H3,(H,14,15,16). The molecule has 0 aliphatic rings. The van der Waals surface area contributed by atoms with Gasteiger partial charge in [0.15, 0.2) is 5.13 Å². The van der Waals surface area contributed by atoms with E-state index in [1.54, 1.807) is 18.2 Å². The lowest BCUT2D eigenvalue weighted by molar-refractivity contribution is -0.114. The second-order valence-electron chi connectivity index (χ2n) is 3.34. The van der Waals surface area contributed by atoms with Crippen molar-refractivity contribution in [3.05, 3.63) is 33.6 Å². The van der Waals surface area contributed by atoms with E-state index in [4.69, 9.17) is 23.2 Å². The third kappa shape index (κ3) is 2.97. The van der Waals surface area contributed by atoms with Gasteiger partial charge < -0.3 is 5.32 Å². The minimum Gasteiger partial charge on any atom is -0.302 e. The van der Waals surface area contributed by atoms with Crippen LogP contribution >= 0.6 is 34.5 Å².